The number of nitrogens with zero attached hydrogens (tertiary/aromatic N) is 2. The lowest BCUT2D eigenvalue weighted by Gasteiger charge is -2.22. The van der Waals surface area contributed by atoms with Gasteiger partial charge in [0.2, 0.25) is 0 Å². The van der Waals surface area contributed by atoms with Crippen LogP contribution in [0.5, 0.6) is 5.75 Å². The van der Waals surface area contributed by atoms with Gasteiger partial charge in [-0.2, -0.15) is 31.3 Å². The Labute approximate surface area is 229 Å². The van der Waals surface area contributed by atoms with Crippen LogP contribution < -0.4 is 14.9 Å². The Balaban J connectivity index is 2.06. The highest BCUT2D eigenvalue weighted by Gasteiger charge is 2.40. The molecule has 15 heteroatoms. The lowest BCUT2D eigenvalue weighted by Crippen LogP contribution is -2.46. The number of hydrogen-bond donors (Lipinski definition) is 2. The molecule has 0 aliphatic carbocycles. The number of thiazole rings is 1. The van der Waals surface area contributed by atoms with Crippen molar-refractivity contribution in [2.45, 2.75) is 76.7 Å². The topological polar surface area (TPSA) is 102 Å². The summed E-state index contributed by atoms with van der Waals surface area (Å²) in [5.74, 6) is -4.09. The molecule has 0 bridgehead atoms. The molecule has 2 N–H and O–H groups in total. The summed E-state index contributed by atoms with van der Waals surface area (Å²) in [6.07, 6.45) is -9.20. The van der Waals surface area contributed by atoms with Gasteiger partial charge in [0.15, 0.2) is 11.0 Å². The molecule has 3 rings (SSSR count). The molecule has 1 aliphatic rings. The molecular formula is C25H29F6N3O5S. The zero-order valence-corrected chi connectivity index (χ0v) is 22.7. The second-order valence-corrected chi connectivity index (χ2v) is 11.1. The Hall–Kier alpha value is -2.91. The Kier molecular flexibility index (Phi) is 9.73. The number of carbonyl (C=O) groups is 2. The van der Waals surface area contributed by atoms with Gasteiger partial charge in [0.25, 0.3) is 5.91 Å². The number of aromatic nitrogens is 1. The van der Waals surface area contributed by atoms with E-state index in [-0.39, 0.29) is 16.3 Å². The SMILES string of the molecule is CC(C)(C)c1cn(C[C@H]2CCCO2)c(=NC(=O)c2cc(C(F)(F)F)ccc2OC(CCO)NC(=O)C(F)(F)F)s1. The molecule has 40 heavy (non-hydrogen) atoms. The number of alkyl halides is 6. The molecule has 2 amide bonds. The Morgan fingerprint density at radius 1 is 1.23 bits per heavy atom. The van der Waals surface area contributed by atoms with Gasteiger partial charge in [0.1, 0.15) is 5.75 Å². The summed E-state index contributed by atoms with van der Waals surface area (Å²) in [5.41, 5.74) is -2.24. The molecule has 0 radical (unpaired) electrons. The van der Waals surface area contributed by atoms with E-state index in [1.165, 1.54) is 5.32 Å². The average molecular weight is 598 g/mol. The van der Waals surface area contributed by atoms with Crippen molar-refractivity contribution in [1.82, 2.24) is 9.88 Å². The van der Waals surface area contributed by atoms with Gasteiger partial charge in [0, 0.05) is 30.7 Å². The van der Waals surface area contributed by atoms with Crippen molar-refractivity contribution in [3.63, 3.8) is 0 Å². The number of rotatable bonds is 8. The first-order valence-electron chi connectivity index (χ1n) is 12.3. The van der Waals surface area contributed by atoms with Crippen LogP contribution >= 0.6 is 11.3 Å². The summed E-state index contributed by atoms with van der Waals surface area (Å²) in [5, 5.41) is 10.7. The predicted molar refractivity (Wildman–Crippen MR) is 132 cm³/mol. The second-order valence-electron chi connectivity index (χ2n) is 10.1. The number of amides is 2. The minimum atomic E-state index is -5.29. The molecule has 2 aromatic rings. The molecule has 222 valence electrons. The average Bonchev–Trinajstić information content (AvgIpc) is 3.48. The number of carbonyl (C=O) groups excluding carboxylic acids is 2. The number of nitrogens with one attached hydrogen (secondary N) is 1. The molecule has 2 heterocycles. The summed E-state index contributed by atoms with van der Waals surface area (Å²) < 4.78 is 91.4. The first kappa shape index (κ1) is 31.6. The molecule has 1 aromatic carbocycles. The highest BCUT2D eigenvalue weighted by molar-refractivity contribution is 7.09. The molecular weight excluding hydrogens is 568 g/mol. The maximum absolute atomic E-state index is 13.5. The van der Waals surface area contributed by atoms with Gasteiger partial charge in [-0.25, -0.2) is 0 Å². The molecule has 1 aliphatic heterocycles. The van der Waals surface area contributed by atoms with E-state index in [1.807, 2.05) is 20.8 Å². The van der Waals surface area contributed by atoms with E-state index < -0.39 is 60.3 Å². The number of benzene rings is 1. The van der Waals surface area contributed by atoms with E-state index in [4.69, 9.17) is 9.47 Å². The third-order valence-corrected chi connectivity index (χ3v) is 7.27. The highest BCUT2D eigenvalue weighted by atomic mass is 32.1. The number of aliphatic hydroxyl groups is 1. The number of aliphatic hydroxyl groups excluding tert-OH is 1. The lowest BCUT2D eigenvalue weighted by atomic mass is 9.95. The molecule has 2 atom stereocenters. The maximum Gasteiger partial charge on any atom is 0.471 e. The Bertz CT molecular complexity index is 1270. The summed E-state index contributed by atoms with van der Waals surface area (Å²) in [4.78, 5) is 29.8. The molecule has 1 saturated heterocycles. The minimum Gasteiger partial charge on any atom is -0.470 e. The number of halogens is 6. The summed E-state index contributed by atoms with van der Waals surface area (Å²) in [7, 11) is 0. The van der Waals surface area contributed by atoms with Crippen LogP contribution in [0.2, 0.25) is 0 Å². The van der Waals surface area contributed by atoms with Crippen LogP contribution in [0, 0.1) is 0 Å². The Morgan fingerprint density at radius 2 is 1.93 bits per heavy atom. The van der Waals surface area contributed by atoms with Crippen LogP contribution in [-0.4, -0.2) is 53.2 Å². The molecule has 1 unspecified atom stereocenters. The van der Waals surface area contributed by atoms with Crippen molar-refractivity contribution in [1.29, 1.82) is 0 Å². The van der Waals surface area contributed by atoms with E-state index in [9.17, 15) is 41.0 Å². The van der Waals surface area contributed by atoms with Gasteiger partial charge in [-0.15, -0.1) is 11.3 Å². The largest absolute Gasteiger partial charge is 0.471 e. The number of ether oxygens (including phenoxy) is 2. The molecule has 8 nitrogen and oxygen atoms in total. The van der Waals surface area contributed by atoms with Crippen molar-refractivity contribution < 1.29 is 50.5 Å². The van der Waals surface area contributed by atoms with Crippen LogP contribution in [0.3, 0.4) is 0 Å². The smallest absolute Gasteiger partial charge is 0.470 e. The third kappa shape index (κ3) is 8.30. The maximum atomic E-state index is 13.5. The summed E-state index contributed by atoms with van der Waals surface area (Å²) in [6, 6.07) is 1.81. The van der Waals surface area contributed by atoms with Crippen molar-refractivity contribution in [2.24, 2.45) is 4.99 Å². The zero-order valence-electron chi connectivity index (χ0n) is 21.9. The van der Waals surface area contributed by atoms with Crippen molar-refractivity contribution >= 4 is 23.2 Å². The van der Waals surface area contributed by atoms with Crippen molar-refractivity contribution in [3.05, 3.63) is 45.2 Å². The monoisotopic (exact) mass is 597 g/mol. The van der Waals surface area contributed by atoms with Gasteiger partial charge in [-0.1, -0.05) is 20.8 Å². The van der Waals surface area contributed by atoms with Crippen LogP contribution in [0.15, 0.2) is 29.4 Å². The van der Waals surface area contributed by atoms with E-state index in [0.717, 1.165) is 35.1 Å². The quantitative estimate of drug-likeness (QED) is 0.344. The summed E-state index contributed by atoms with van der Waals surface area (Å²) in [6.45, 7) is 6.03. The normalized spacial score (nSPS) is 17.6. The van der Waals surface area contributed by atoms with Crippen LogP contribution in [0.25, 0.3) is 0 Å². The molecule has 1 aromatic heterocycles. The van der Waals surface area contributed by atoms with Crippen LogP contribution in [0.1, 0.15) is 60.8 Å². The first-order chi connectivity index (χ1) is 18.5. The van der Waals surface area contributed by atoms with E-state index in [1.54, 1.807) is 10.8 Å². The van der Waals surface area contributed by atoms with E-state index in [0.29, 0.717) is 25.3 Å². The van der Waals surface area contributed by atoms with Crippen molar-refractivity contribution in [2.75, 3.05) is 13.2 Å². The molecule has 0 saturated carbocycles. The fraction of sp³-hybridized carbons (Fsp3) is 0.560. The highest BCUT2D eigenvalue weighted by Crippen LogP contribution is 2.33. The Morgan fingerprint density at radius 3 is 2.48 bits per heavy atom. The fourth-order valence-corrected chi connectivity index (χ4v) is 4.79. The van der Waals surface area contributed by atoms with Crippen molar-refractivity contribution in [3.8, 4) is 5.75 Å². The van der Waals surface area contributed by atoms with Crippen LogP contribution in [0.4, 0.5) is 26.3 Å². The van der Waals surface area contributed by atoms with Gasteiger partial charge in [-0.3, -0.25) is 9.59 Å². The molecule has 0 spiro atoms. The van der Waals surface area contributed by atoms with Gasteiger partial charge in [0.05, 0.1) is 23.8 Å². The fourth-order valence-electron chi connectivity index (χ4n) is 3.73. The first-order valence-corrected chi connectivity index (χ1v) is 13.1. The minimum absolute atomic E-state index is 0.139. The van der Waals surface area contributed by atoms with Gasteiger partial charge >= 0.3 is 18.3 Å². The standard InChI is InChI=1S/C25H29F6N3O5S/c1-23(2,3)18-13-34(12-15-5-4-10-38-15)22(40-18)33-20(36)16-11-14(24(26,27)28)6-7-17(16)39-19(8-9-35)32-21(37)25(29,30)31/h6-7,11,13,15,19,35H,4-5,8-10,12H2,1-3H3,(H,32,37)/t15-,19?/m1/s1. The number of hydrogen-bond acceptors (Lipinski definition) is 6. The van der Waals surface area contributed by atoms with Crippen LogP contribution in [-0.2, 0) is 27.7 Å². The summed E-state index contributed by atoms with van der Waals surface area (Å²) >= 11 is 1.16. The van der Waals surface area contributed by atoms with E-state index in [2.05, 4.69) is 4.99 Å². The van der Waals surface area contributed by atoms with E-state index >= 15 is 0 Å². The predicted octanol–water partition coefficient (Wildman–Crippen LogP) is 4.55. The van der Waals surface area contributed by atoms with Gasteiger partial charge in [-0.05, 0) is 36.5 Å². The van der Waals surface area contributed by atoms with Gasteiger partial charge < -0.3 is 24.5 Å². The lowest BCUT2D eigenvalue weighted by molar-refractivity contribution is -0.176. The third-order valence-electron chi connectivity index (χ3n) is 5.83. The zero-order chi connectivity index (χ0) is 29.9. The molecule has 1 fully saturated rings. The second kappa shape index (κ2) is 12.3.